The first-order valence-corrected chi connectivity index (χ1v) is 5.35. The van der Waals surface area contributed by atoms with Crippen molar-refractivity contribution in [1.29, 1.82) is 0 Å². The molecule has 1 saturated heterocycles. The summed E-state index contributed by atoms with van der Waals surface area (Å²) >= 11 is 0. The van der Waals surface area contributed by atoms with Gasteiger partial charge < -0.3 is 15.8 Å². The van der Waals surface area contributed by atoms with Crippen molar-refractivity contribution in [3.8, 4) is 0 Å². The van der Waals surface area contributed by atoms with Crippen molar-refractivity contribution in [3.05, 3.63) is 11.8 Å². The van der Waals surface area contributed by atoms with Crippen molar-refractivity contribution in [2.24, 2.45) is 7.05 Å². The lowest BCUT2D eigenvalue weighted by molar-refractivity contribution is 0.0692. The number of aromatic nitrogens is 2. The molecule has 1 amide bonds. The molecule has 6 nitrogen and oxygen atoms in total. The molecule has 3 N–H and O–H groups in total. The largest absolute Gasteiger partial charge is 0.382 e. The van der Waals surface area contributed by atoms with E-state index in [2.05, 4.69) is 10.4 Å². The third-order valence-corrected chi connectivity index (χ3v) is 2.69. The number of hydrogen-bond donors (Lipinski definition) is 2. The predicted octanol–water partition coefficient (Wildman–Crippen LogP) is -0.0889. The number of rotatable bonds is 2. The third-order valence-electron chi connectivity index (χ3n) is 2.69. The number of amides is 1. The fourth-order valence-corrected chi connectivity index (χ4v) is 1.80. The Morgan fingerprint density at radius 2 is 2.31 bits per heavy atom. The smallest absolute Gasteiger partial charge is 0.269 e. The summed E-state index contributed by atoms with van der Waals surface area (Å²) in [6, 6.07) is 1.77. The summed E-state index contributed by atoms with van der Waals surface area (Å²) in [4.78, 5) is 11.9. The molecule has 1 aromatic rings. The minimum atomic E-state index is -0.126. The van der Waals surface area contributed by atoms with Gasteiger partial charge >= 0.3 is 0 Å². The molecule has 1 aliphatic heterocycles. The first-order chi connectivity index (χ1) is 7.66. The minimum absolute atomic E-state index is 0.126. The number of aryl methyl sites for hydroxylation is 1. The van der Waals surface area contributed by atoms with Gasteiger partial charge in [0.1, 0.15) is 11.5 Å². The molecule has 0 spiro atoms. The van der Waals surface area contributed by atoms with Crippen molar-refractivity contribution in [2.45, 2.75) is 18.9 Å². The average molecular weight is 224 g/mol. The number of anilines is 1. The van der Waals surface area contributed by atoms with Gasteiger partial charge in [-0.3, -0.25) is 9.48 Å². The Morgan fingerprint density at radius 3 is 2.88 bits per heavy atom. The van der Waals surface area contributed by atoms with E-state index < -0.39 is 0 Å². The molecular weight excluding hydrogens is 208 g/mol. The van der Waals surface area contributed by atoms with E-state index in [1.807, 2.05) is 0 Å². The van der Waals surface area contributed by atoms with Crippen molar-refractivity contribution < 1.29 is 9.53 Å². The van der Waals surface area contributed by atoms with Gasteiger partial charge in [-0.25, -0.2) is 0 Å². The zero-order valence-electron chi connectivity index (χ0n) is 9.27. The minimum Gasteiger partial charge on any atom is -0.382 e. The van der Waals surface area contributed by atoms with Crippen molar-refractivity contribution in [1.82, 2.24) is 15.1 Å². The zero-order valence-corrected chi connectivity index (χ0v) is 9.27. The van der Waals surface area contributed by atoms with E-state index in [4.69, 9.17) is 10.5 Å². The maximum atomic E-state index is 11.9. The molecule has 0 aromatic carbocycles. The first-order valence-electron chi connectivity index (χ1n) is 5.35. The zero-order chi connectivity index (χ0) is 11.5. The van der Waals surface area contributed by atoms with E-state index in [1.54, 1.807) is 13.1 Å². The number of nitrogens with two attached hydrogens (primary N) is 1. The molecule has 16 heavy (non-hydrogen) atoms. The van der Waals surface area contributed by atoms with Gasteiger partial charge in [0.15, 0.2) is 0 Å². The summed E-state index contributed by atoms with van der Waals surface area (Å²) in [6.07, 6.45) is 1.72. The lowest BCUT2D eigenvalue weighted by atomic mass is 10.1. The fraction of sp³-hybridized carbons (Fsp3) is 0.600. The number of ether oxygens (including phenoxy) is 1. The van der Waals surface area contributed by atoms with Crippen molar-refractivity contribution >= 4 is 11.7 Å². The van der Waals surface area contributed by atoms with Crippen LogP contribution in [-0.4, -0.2) is 34.9 Å². The summed E-state index contributed by atoms with van der Waals surface area (Å²) in [5, 5.41) is 6.89. The van der Waals surface area contributed by atoms with Crippen LogP contribution in [0.5, 0.6) is 0 Å². The lowest BCUT2D eigenvalue weighted by Crippen LogP contribution is -2.39. The van der Waals surface area contributed by atoms with Crippen LogP contribution in [0.4, 0.5) is 5.82 Å². The highest BCUT2D eigenvalue weighted by Gasteiger charge is 2.19. The normalized spacial score (nSPS) is 17.3. The van der Waals surface area contributed by atoms with E-state index >= 15 is 0 Å². The highest BCUT2D eigenvalue weighted by atomic mass is 16.5. The molecule has 0 bridgehead atoms. The Bertz CT molecular complexity index is 382. The average Bonchev–Trinajstić information content (AvgIpc) is 2.59. The Kier molecular flexibility index (Phi) is 3.09. The van der Waals surface area contributed by atoms with Crippen LogP contribution in [0.2, 0.25) is 0 Å². The summed E-state index contributed by atoms with van der Waals surface area (Å²) in [5.74, 6) is 0.234. The number of nitrogens with zero attached hydrogens (tertiary/aromatic N) is 2. The van der Waals surface area contributed by atoms with Gasteiger partial charge in [-0.2, -0.15) is 5.10 Å². The standard InChI is InChI=1S/C10H16N4O2/c1-14-8(6-9(11)13-14)10(15)12-7-2-4-16-5-3-7/h6-7H,2-5H2,1H3,(H2,11,13)(H,12,15). The summed E-state index contributed by atoms with van der Waals surface area (Å²) < 4.78 is 6.72. The van der Waals surface area contributed by atoms with Crippen molar-refractivity contribution in [2.75, 3.05) is 18.9 Å². The van der Waals surface area contributed by atoms with Gasteiger partial charge in [-0.05, 0) is 12.8 Å². The van der Waals surface area contributed by atoms with Crippen LogP contribution in [0.3, 0.4) is 0 Å². The highest BCUT2D eigenvalue weighted by Crippen LogP contribution is 2.09. The summed E-state index contributed by atoms with van der Waals surface area (Å²) in [7, 11) is 1.70. The predicted molar refractivity (Wildman–Crippen MR) is 58.9 cm³/mol. The van der Waals surface area contributed by atoms with Crippen molar-refractivity contribution in [3.63, 3.8) is 0 Å². The molecule has 0 aliphatic carbocycles. The molecule has 0 saturated carbocycles. The second-order valence-corrected chi connectivity index (χ2v) is 3.94. The maximum absolute atomic E-state index is 11.9. The van der Waals surface area contributed by atoms with E-state index in [-0.39, 0.29) is 11.9 Å². The molecule has 2 rings (SSSR count). The second kappa shape index (κ2) is 4.52. The van der Waals surface area contributed by atoms with Gasteiger partial charge in [0.05, 0.1) is 0 Å². The van der Waals surface area contributed by atoms with E-state index in [1.165, 1.54) is 4.68 Å². The quantitative estimate of drug-likeness (QED) is 0.735. The fourth-order valence-electron chi connectivity index (χ4n) is 1.80. The first kappa shape index (κ1) is 10.9. The molecular formula is C10H16N4O2. The Balaban J connectivity index is 1.99. The van der Waals surface area contributed by atoms with E-state index in [9.17, 15) is 4.79 Å². The maximum Gasteiger partial charge on any atom is 0.269 e. The third kappa shape index (κ3) is 2.33. The van der Waals surface area contributed by atoms with Crippen LogP contribution in [0.15, 0.2) is 6.07 Å². The molecule has 0 unspecified atom stereocenters. The summed E-state index contributed by atoms with van der Waals surface area (Å²) in [6.45, 7) is 1.41. The van der Waals surface area contributed by atoms with Crippen LogP contribution >= 0.6 is 0 Å². The Labute approximate surface area is 93.8 Å². The van der Waals surface area contributed by atoms with Crippen LogP contribution in [-0.2, 0) is 11.8 Å². The Hall–Kier alpha value is -1.56. The van der Waals surface area contributed by atoms with Gasteiger partial charge in [0, 0.05) is 32.4 Å². The van der Waals surface area contributed by atoms with Crippen LogP contribution < -0.4 is 11.1 Å². The van der Waals surface area contributed by atoms with E-state index in [0.717, 1.165) is 12.8 Å². The van der Waals surface area contributed by atoms with Crippen LogP contribution in [0.25, 0.3) is 0 Å². The molecule has 0 radical (unpaired) electrons. The highest BCUT2D eigenvalue weighted by molar-refractivity contribution is 5.93. The molecule has 2 heterocycles. The molecule has 0 atom stereocenters. The van der Waals surface area contributed by atoms with Gasteiger partial charge in [-0.1, -0.05) is 0 Å². The molecule has 1 aliphatic rings. The summed E-state index contributed by atoms with van der Waals surface area (Å²) in [5.41, 5.74) is 6.01. The number of nitrogen functional groups attached to an aromatic ring is 1. The molecule has 6 heteroatoms. The monoisotopic (exact) mass is 224 g/mol. The second-order valence-electron chi connectivity index (χ2n) is 3.94. The SMILES string of the molecule is Cn1nc(N)cc1C(=O)NC1CCOCC1. The molecule has 88 valence electrons. The number of hydrogen-bond acceptors (Lipinski definition) is 4. The van der Waals surface area contributed by atoms with Gasteiger partial charge in [0.25, 0.3) is 5.91 Å². The van der Waals surface area contributed by atoms with Gasteiger partial charge in [0.2, 0.25) is 0 Å². The van der Waals surface area contributed by atoms with E-state index in [0.29, 0.717) is 24.7 Å². The van der Waals surface area contributed by atoms with Crippen LogP contribution in [0.1, 0.15) is 23.3 Å². The number of carbonyl (C=O) groups is 1. The van der Waals surface area contributed by atoms with Crippen LogP contribution in [0, 0.1) is 0 Å². The molecule has 1 aromatic heterocycles. The lowest BCUT2D eigenvalue weighted by Gasteiger charge is -2.22. The topological polar surface area (TPSA) is 82.2 Å². The number of nitrogens with one attached hydrogen (secondary N) is 1. The Morgan fingerprint density at radius 1 is 1.62 bits per heavy atom. The van der Waals surface area contributed by atoms with Gasteiger partial charge in [-0.15, -0.1) is 0 Å². The number of carbonyl (C=O) groups excluding carboxylic acids is 1. The molecule has 1 fully saturated rings.